The molecule has 0 bridgehead atoms. The van der Waals surface area contributed by atoms with E-state index >= 15 is 0 Å². The van der Waals surface area contributed by atoms with Crippen LogP contribution in [0, 0.1) is 0 Å². The molecule has 7 heteroatoms. The number of nitrogens with zero attached hydrogens (tertiary/aromatic N) is 1. The standard InChI is InChI=1S/C45H85N2O4.BrH/c1-4-6-8-10-12-14-16-18-20-22-24-26-28-30-32-35-43(48)50-45(37-41-47(3,42-38-45)40-34-39-46)51-44(49)36-33-31-29-27-25-23-21-19-17-15-13-11-9-7-5-2;/h18-21H,4-17,22-42,46H2,1-3H3;1H/q+1;/p-1. The van der Waals surface area contributed by atoms with Gasteiger partial charge in [0.05, 0.1) is 39.5 Å². The van der Waals surface area contributed by atoms with Crippen LogP contribution < -0.4 is 22.7 Å². The molecule has 0 aromatic rings. The zero-order valence-electron chi connectivity index (χ0n) is 34.6. The van der Waals surface area contributed by atoms with Gasteiger partial charge >= 0.3 is 11.9 Å². The van der Waals surface area contributed by atoms with Gasteiger partial charge in [0.15, 0.2) is 0 Å². The fraction of sp³-hybridized carbons (Fsp3) is 0.867. The van der Waals surface area contributed by atoms with Crippen LogP contribution in [0.15, 0.2) is 24.3 Å². The lowest BCUT2D eigenvalue weighted by Gasteiger charge is -2.45. The highest BCUT2D eigenvalue weighted by Gasteiger charge is 2.46. The van der Waals surface area contributed by atoms with Crippen molar-refractivity contribution in [2.45, 2.75) is 219 Å². The van der Waals surface area contributed by atoms with Gasteiger partial charge in [-0.2, -0.15) is 0 Å². The van der Waals surface area contributed by atoms with Crippen molar-refractivity contribution in [1.29, 1.82) is 0 Å². The summed E-state index contributed by atoms with van der Waals surface area (Å²) in [5.41, 5.74) is 5.79. The second-order valence-electron chi connectivity index (χ2n) is 16.0. The maximum Gasteiger partial charge on any atom is 0.309 e. The number of likely N-dealkylation sites (tertiary alicyclic amines) is 1. The Labute approximate surface area is 333 Å². The minimum absolute atomic E-state index is 0. The van der Waals surface area contributed by atoms with Gasteiger partial charge in [-0.1, -0.05) is 141 Å². The molecule has 6 nitrogen and oxygen atoms in total. The van der Waals surface area contributed by atoms with Crippen molar-refractivity contribution in [3.05, 3.63) is 24.3 Å². The molecule has 2 N–H and O–H groups in total. The van der Waals surface area contributed by atoms with Gasteiger partial charge in [-0.15, -0.1) is 0 Å². The first-order chi connectivity index (χ1) is 24.9. The number of allylic oxidation sites excluding steroid dienone is 4. The molecule has 0 atom stereocenters. The van der Waals surface area contributed by atoms with E-state index in [0.717, 1.165) is 81.9 Å². The molecule has 1 aliphatic heterocycles. The molecule has 1 saturated heterocycles. The van der Waals surface area contributed by atoms with Gasteiger partial charge < -0.3 is 36.7 Å². The average Bonchev–Trinajstić information content (AvgIpc) is 3.12. The van der Waals surface area contributed by atoms with Crippen molar-refractivity contribution < 1.29 is 40.5 Å². The minimum Gasteiger partial charge on any atom is -1.00 e. The zero-order valence-corrected chi connectivity index (χ0v) is 36.2. The number of esters is 2. The summed E-state index contributed by atoms with van der Waals surface area (Å²) in [7, 11) is 2.24. The molecular weight excluding hydrogens is 712 g/mol. The molecule has 1 aliphatic rings. The van der Waals surface area contributed by atoms with Gasteiger partial charge in [-0.05, 0) is 70.8 Å². The summed E-state index contributed by atoms with van der Waals surface area (Å²) in [6.07, 6.45) is 44.2. The molecular formula is C45H85BrN2O4. The summed E-state index contributed by atoms with van der Waals surface area (Å²) < 4.78 is 13.0. The predicted octanol–water partition coefficient (Wildman–Crippen LogP) is 9.44. The topological polar surface area (TPSA) is 78.6 Å². The molecule has 0 spiro atoms. The van der Waals surface area contributed by atoms with E-state index in [1.807, 2.05) is 0 Å². The summed E-state index contributed by atoms with van der Waals surface area (Å²) >= 11 is 0. The van der Waals surface area contributed by atoms with Crippen molar-refractivity contribution in [1.82, 2.24) is 0 Å². The summed E-state index contributed by atoms with van der Waals surface area (Å²) in [4.78, 5) is 26.0. The average molecular weight is 798 g/mol. The monoisotopic (exact) mass is 797 g/mol. The van der Waals surface area contributed by atoms with Gasteiger partial charge in [0.1, 0.15) is 0 Å². The molecule has 0 saturated carbocycles. The van der Waals surface area contributed by atoms with Crippen LogP contribution in [0.2, 0.25) is 0 Å². The van der Waals surface area contributed by atoms with E-state index in [1.54, 1.807) is 0 Å². The molecule has 1 rings (SSSR count). The highest BCUT2D eigenvalue weighted by atomic mass is 79.9. The lowest BCUT2D eigenvalue weighted by atomic mass is 10.00. The van der Waals surface area contributed by atoms with Crippen LogP contribution in [0.25, 0.3) is 0 Å². The van der Waals surface area contributed by atoms with Crippen LogP contribution in [0.4, 0.5) is 0 Å². The molecule has 1 fully saturated rings. The van der Waals surface area contributed by atoms with Gasteiger partial charge in [-0.3, -0.25) is 9.59 Å². The Bertz CT molecular complexity index is 829. The number of piperidine rings is 1. The van der Waals surface area contributed by atoms with E-state index in [-0.39, 0.29) is 28.9 Å². The molecule has 52 heavy (non-hydrogen) atoms. The summed E-state index contributed by atoms with van der Waals surface area (Å²) in [5, 5.41) is 0. The summed E-state index contributed by atoms with van der Waals surface area (Å²) in [5.74, 6) is -1.56. The molecule has 1 heterocycles. The van der Waals surface area contributed by atoms with Gasteiger partial charge in [-0.25, -0.2) is 0 Å². The zero-order chi connectivity index (χ0) is 37.1. The van der Waals surface area contributed by atoms with E-state index in [0.29, 0.717) is 32.2 Å². The van der Waals surface area contributed by atoms with Crippen molar-refractivity contribution in [3.63, 3.8) is 0 Å². The SMILES string of the molecule is CCCCCCCCC=CCCCCCCCC(=O)OC1(OC(=O)CCCCCCCC=CCCCCCCCC)CC[N+](C)(CCCN)CC1.[Br-]. The third-order valence-corrected chi connectivity index (χ3v) is 10.9. The second kappa shape index (κ2) is 35.5. The van der Waals surface area contributed by atoms with E-state index in [9.17, 15) is 9.59 Å². The van der Waals surface area contributed by atoms with Crippen LogP contribution in [0.1, 0.15) is 213 Å². The molecule has 0 aromatic heterocycles. The third-order valence-electron chi connectivity index (χ3n) is 10.9. The number of carbonyl (C=O) groups is 2. The Morgan fingerprint density at radius 3 is 1.21 bits per heavy atom. The number of rotatable bonds is 35. The normalized spacial score (nSPS) is 18.9. The predicted molar refractivity (Wildman–Crippen MR) is 218 cm³/mol. The smallest absolute Gasteiger partial charge is 0.309 e. The third kappa shape index (κ3) is 29.2. The van der Waals surface area contributed by atoms with Crippen LogP contribution in [0.5, 0.6) is 0 Å². The molecule has 0 radical (unpaired) electrons. The Morgan fingerprint density at radius 2 is 0.865 bits per heavy atom. The quantitative estimate of drug-likeness (QED) is 0.0228. The number of carbonyl (C=O) groups excluding carboxylic acids is 2. The molecule has 0 aromatic carbocycles. The number of hydrogen-bond donors (Lipinski definition) is 1. The molecule has 0 aliphatic carbocycles. The van der Waals surface area contributed by atoms with Crippen molar-refractivity contribution in [2.24, 2.45) is 5.73 Å². The van der Waals surface area contributed by atoms with E-state index in [4.69, 9.17) is 15.2 Å². The van der Waals surface area contributed by atoms with Crippen molar-refractivity contribution in [3.8, 4) is 0 Å². The minimum atomic E-state index is -1.11. The maximum atomic E-state index is 13.0. The fourth-order valence-electron chi connectivity index (χ4n) is 7.24. The van der Waals surface area contributed by atoms with E-state index in [1.165, 1.54) is 116 Å². The molecule has 306 valence electrons. The highest BCUT2D eigenvalue weighted by molar-refractivity contribution is 5.72. The number of unbranched alkanes of at least 4 members (excludes halogenated alkanes) is 22. The van der Waals surface area contributed by atoms with E-state index < -0.39 is 5.79 Å². The van der Waals surface area contributed by atoms with Crippen LogP contribution in [0.3, 0.4) is 0 Å². The first-order valence-corrected chi connectivity index (χ1v) is 22.2. The Hall–Kier alpha value is -1.18. The lowest BCUT2D eigenvalue weighted by molar-refractivity contribution is -0.917. The highest BCUT2D eigenvalue weighted by Crippen LogP contribution is 2.32. The van der Waals surface area contributed by atoms with Crippen LogP contribution >= 0.6 is 0 Å². The summed E-state index contributed by atoms with van der Waals surface area (Å²) in [6, 6.07) is 0. The van der Waals surface area contributed by atoms with Crippen molar-refractivity contribution >= 4 is 11.9 Å². The number of ether oxygens (including phenoxy) is 2. The Morgan fingerprint density at radius 1 is 0.538 bits per heavy atom. The summed E-state index contributed by atoms with van der Waals surface area (Å²) in [6.45, 7) is 7.85. The van der Waals surface area contributed by atoms with Crippen molar-refractivity contribution in [2.75, 3.05) is 33.2 Å². The maximum absolute atomic E-state index is 13.0. The van der Waals surface area contributed by atoms with Gasteiger partial charge in [0, 0.05) is 19.3 Å². The number of quaternary nitrogens is 1. The van der Waals surface area contributed by atoms with E-state index in [2.05, 4.69) is 45.2 Å². The Balaban J connectivity index is 0.0000260. The van der Waals surface area contributed by atoms with Gasteiger partial charge in [0.2, 0.25) is 0 Å². The Kier molecular flexibility index (Phi) is 34.7. The first kappa shape index (κ1) is 50.8. The lowest BCUT2D eigenvalue weighted by Crippen LogP contribution is -3.00. The van der Waals surface area contributed by atoms with Crippen LogP contribution in [-0.4, -0.2) is 55.4 Å². The first-order valence-electron chi connectivity index (χ1n) is 22.2. The largest absolute Gasteiger partial charge is 1.00 e. The number of hydrogen-bond acceptors (Lipinski definition) is 5. The molecule has 0 amide bonds. The second-order valence-corrected chi connectivity index (χ2v) is 16.0. The number of nitrogens with two attached hydrogens (primary N) is 1. The molecule has 0 unspecified atom stereocenters. The fourth-order valence-corrected chi connectivity index (χ4v) is 7.24. The number of halogens is 1. The van der Waals surface area contributed by atoms with Gasteiger partial charge in [0.25, 0.3) is 5.79 Å². The van der Waals surface area contributed by atoms with Crippen LogP contribution in [-0.2, 0) is 19.1 Å².